The first-order valence-corrected chi connectivity index (χ1v) is 12.7. The van der Waals surface area contributed by atoms with Gasteiger partial charge >= 0.3 is 0 Å². The minimum atomic E-state index is -0.145. The van der Waals surface area contributed by atoms with Crippen LogP contribution in [0.4, 0.5) is 5.69 Å². The van der Waals surface area contributed by atoms with E-state index in [0.717, 1.165) is 64.3 Å². The van der Waals surface area contributed by atoms with Gasteiger partial charge in [-0.05, 0) is 24.9 Å². The fourth-order valence-electron chi connectivity index (χ4n) is 4.82. The van der Waals surface area contributed by atoms with E-state index in [1.807, 2.05) is 0 Å². The standard InChI is InChI=1S/C26H38N6O3/c1-35-17-16-32-25(33)18-24(19-28-32)31-11-8-23(21-31)26(34)27-9-5-10-29-12-14-30(15-13-29)20-22-6-3-2-4-7-22/h2-4,6-7,18-19,23H,5,8-17,20-21H2,1H3,(H,27,34). The second-order valence-electron chi connectivity index (χ2n) is 9.45. The number of hydrogen-bond acceptors (Lipinski definition) is 7. The zero-order chi connectivity index (χ0) is 24.5. The van der Waals surface area contributed by atoms with Crippen molar-refractivity contribution in [3.63, 3.8) is 0 Å². The number of carbonyl (C=O) groups excluding carboxylic acids is 1. The van der Waals surface area contributed by atoms with Crippen molar-refractivity contribution in [1.82, 2.24) is 24.9 Å². The lowest BCUT2D eigenvalue weighted by Gasteiger charge is -2.34. The van der Waals surface area contributed by atoms with Crippen LogP contribution in [-0.4, -0.2) is 91.6 Å². The molecule has 190 valence electrons. The number of piperazine rings is 1. The fourth-order valence-corrected chi connectivity index (χ4v) is 4.82. The lowest BCUT2D eigenvalue weighted by Crippen LogP contribution is -2.46. The van der Waals surface area contributed by atoms with Gasteiger partial charge in [-0.2, -0.15) is 5.10 Å². The molecule has 35 heavy (non-hydrogen) atoms. The summed E-state index contributed by atoms with van der Waals surface area (Å²) in [5, 5.41) is 7.36. The third-order valence-electron chi connectivity index (χ3n) is 6.95. The third-order valence-corrected chi connectivity index (χ3v) is 6.95. The second-order valence-corrected chi connectivity index (χ2v) is 9.45. The summed E-state index contributed by atoms with van der Waals surface area (Å²) in [4.78, 5) is 32.0. The van der Waals surface area contributed by atoms with Gasteiger partial charge < -0.3 is 19.9 Å². The molecule has 0 radical (unpaired) electrons. The van der Waals surface area contributed by atoms with Crippen molar-refractivity contribution >= 4 is 11.6 Å². The molecule has 3 heterocycles. The zero-order valence-corrected chi connectivity index (χ0v) is 20.8. The van der Waals surface area contributed by atoms with E-state index in [4.69, 9.17) is 4.74 Å². The highest BCUT2D eigenvalue weighted by Crippen LogP contribution is 2.22. The monoisotopic (exact) mass is 482 g/mol. The maximum atomic E-state index is 12.7. The maximum Gasteiger partial charge on any atom is 0.268 e. The quantitative estimate of drug-likeness (QED) is 0.479. The number of carbonyl (C=O) groups is 1. The van der Waals surface area contributed by atoms with Crippen molar-refractivity contribution in [3.05, 3.63) is 58.5 Å². The molecule has 0 aliphatic carbocycles. The number of benzene rings is 1. The highest BCUT2D eigenvalue weighted by Gasteiger charge is 2.28. The van der Waals surface area contributed by atoms with E-state index >= 15 is 0 Å². The molecule has 1 atom stereocenters. The van der Waals surface area contributed by atoms with Crippen LogP contribution in [0.1, 0.15) is 18.4 Å². The Hall–Kier alpha value is -2.75. The largest absolute Gasteiger partial charge is 0.383 e. The van der Waals surface area contributed by atoms with Gasteiger partial charge in [-0.25, -0.2) is 4.68 Å². The number of rotatable bonds is 11. The van der Waals surface area contributed by atoms with Gasteiger partial charge in [-0.3, -0.25) is 14.5 Å². The molecule has 9 heteroatoms. The van der Waals surface area contributed by atoms with Crippen molar-refractivity contribution in [1.29, 1.82) is 0 Å². The molecule has 1 aromatic heterocycles. The number of nitrogens with one attached hydrogen (secondary N) is 1. The SMILES string of the molecule is COCCn1ncc(N2CCC(C(=O)NCCCN3CCN(Cc4ccccc4)CC3)C2)cc1=O. The summed E-state index contributed by atoms with van der Waals surface area (Å²) < 4.78 is 6.41. The van der Waals surface area contributed by atoms with E-state index in [0.29, 0.717) is 26.2 Å². The average Bonchev–Trinajstić information content (AvgIpc) is 3.38. The average molecular weight is 483 g/mol. The Kier molecular flexibility index (Phi) is 9.28. The minimum Gasteiger partial charge on any atom is -0.383 e. The van der Waals surface area contributed by atoms with Gasteiger partial charge in [0.2, 0.25) is 5.91 Å². The van der Waals surface area contributed by atoms with Crippen LogP contribution in [0.5, 0.6) is 0 Å². The molecule has 1 amide bonds. The molecule has 2 aromatic rings. The van der Waals surface area contributed by atoms with Crippen molar-refractivity contribution < 1.29 is 9.53 Å². The number of aromatic nitrogens is 2. The number of hydrogen-bond donors (Lipinski definition) is 1. The van der Waals surface area contributed by atoms with E-state index in [1.54, 1.807) is 19.4 Å². The first-order chi connectivity index (χ1) is 17.1. The minimum absolute atomic E-state index is 0.0487. The predicted octanol–water partition coefficient (Wildman–Crippen LogP) is 1.04. The van der Waals surface area contributed by atoms with Crippen LogP contribution < -0.4 is 15.8 Å². The summed E-state index contributed by atoms with van der Waals surface area (Å²) in [6, 6.07) is 12.2. The molecule has 2 saturated heterocycles. The third kappa shape index (κ3) is 7.37. The molecular weight excluding hydrogens is 444 g/mol. The van der Waals surface area contributed by atoms with Crippen molar-refractivity contribution in [2.75, 3.05) is 71.0 Å². The number of amides is 1. The number of nitrogens with zero attached hydrogens (tertiary/aromatic N) is 5. The lowest BCUT2D eigenvalue weighted by molar-refractivity contribution is -0.124. The van der Waals surface area contributed by atoms with Crippen LogP contribution in [0.15, 0.2) is 47.4 Å². The Morgan fingerprint density at radius 1 is 1.09 bits per heavy atom. The Morgan fingerprint density at radius 3 is 2.60 bits per heavy atom. The molecule has 1 aromatic carbocycles. The van der Waals surface area contributed by atoms with E-state index in [1.165, 1.54) is 10.2 Å². The van der Waals surface area contributed by atoms with Gasteiger partial charge in [0.15, 0.2) is 0 Å². The Bertz CT molecular complexity index is 990. The first-order valence-electron chi connectivity index (χ1n) is 12.7. The first kappa shape index (κ1) is 25.3. The number of methoxy groups -OCH3 is 1. The summed E-state index contributed by atoms with van der Waals surface area (Å²) in [5.41, 5.74) is 2.01. The van der Waals surface area contributed by atoms with Gasteiger partial charge in [0.1, 0.15) is 0 Å². The van der Waals surface area contributed by atoms with Gasteiger partial charge in [-0.15, -0.1) is 0 Å². The van der Waals surface area contributed by atoms with Gasteiger partial charge in [0.25, 0.3) is 5.56 Å². The fraction of sp³-hybridized carbons (Fsp3) is 0.577. The molecule has 2 fully saturated rings. The molecule has 0 bridgehead atoms. The summed E-state index contributed by atoms with van der Waals surface area (Å²) in [6.07, 6.45) is 3.46. The highest BCUT2D eigenvalue weighted by atomic mass is 16.5. The molecule has 4 rings (SSSR count). The van der Waals surface area contributed by atoms with Crippen LogP contribution in [0.3, 0.4) is 0 Å². The van der Waals surface area contributed by atoms with E-state index in [9.17, 15) is 9.59 Å². The van der Waals surface area contributed by atoms with E-state index in [2.05, 4.69) is 55.4 Å². The van der Waals surface area contributed by atoms with Crippen LogP contribution in [0, 0.1) is 5.92 Å². The zero-order valence-electron chi connectivity index (χ0n) is 20.8. The molecule has 1 N–H and O–H groups in total. The molecule has 9 nitrogen and oxygen atoms in total. The van der Waals surface area contributed by atoms with Gasteiger partial charge in [0, 0.05) is 65.5 Å². The van der Waals surface area contributed by atoms with Crippen molar-refractivity contribution in [2.45, 2.75) is 25.9 Å². The van der Waals surface area contributed by atoms with Gasteiger partial charge in [-0.1, -0.05) is 30.3 Å². The molecule has 0 saturated carbocycles. The Morgan fingerprint density at radius 2 is 1.86 bits per heavy atom. The van der Waals surface area contributed by atoms with Crippen molar-refractivity contribution in [2.24, 2.45) is 5.92 Å². The van der Waals surface area contributed by atoms with Crippen LogP contribution in [-0.2, 0) is 22.6 Å². The van der Waals surface area contributed by atoms with Crippen LogP contribution in [0.2, 0.25) is 0 Å². The normalized spacial score (nSPS) is 19.2. The Labute approximate surface area is 207 Å². The van der Waals surface area contributed by atoms with Crippen molar-refractivity contribution in [3.8, 4) is 0 Å². The Balaban J connectivity index is 1.12. The van der Waals surface area contributed by atoms with Crippen LogP contribution >= 0.6 is 0 Å². The summed E-state index contributed by atoms with van der Waals surface area (Å²) in [5.74, 6) is 0.0639. The van der Waals surface area contributed by atoms with Gasteiger partial charge in [0.05, 0.1) is 31.0 Å². The topological polar surface area (TPSA) is 82.9 Å². The predicted molar refractivity (Wildman–Crippen MR) is 136 cm³/mol. The van der Waals surface area contributed by atoms with E-state index in [-0.39, 0.29) is 17.4 Å². The molecule has 2 aliphatic rings. The molecule has 0 spiro atoms. The van der Waals surface area contributed by atoms with E-state index < -0.39 is 0 Å². The number of anilines is 1. The second kappa shape index (κ2) is 12.8. The molecule has 2 aliphatic heterocycles. The molecular formula is C26H38N6O3. The summed E-state index contributed by atoms with van der Waals surface area (Å²) in [7, 11) is 1.60. The lowest BCUT2D eigenvalue weighted by atomic mass is 10.1. The molecule has 1 unspecified atom stereocenters. The highest BCUT2D eigenvalue weighted by molar-refractivity contribution is 5.80. The smallest absolute Gasteiger partial charge is 0.268 e. The van der Waals surface area contributed by atoms with Crippen LogP contribution in [0.25, 0.3) is 0 Å². The maximum absolute atomic E-state index is 12.7. The summed E-state index contributed by atoms with van der Waals surface area (Å²) >= 11 is 0. The number of ether oxygens (including phenoxy) is 1. The summed E-state index contributed by atoms with van der Waals surface area (Å²) in [6.45, 7) is 9.34.